The van der Waals surface area contributed by atoms with E-state index >= 15 is 0 Å². The second-order valence-corrected chi connectivity index (χ2v) is 10.2. The van der Waals surface area contributed by atoms with Gasteiger partial charge in [-0.05, 0) is 54.4 Å². The smallest absolute Gasteiger partial charge is 0.311 e. The monoisotopic (exact) mass is 577 g/mol. The molecule has 37 heavy (non-hydrogen) atoms. The lowest BCUT2D eigenvalue weighted by molar-refractivity contribution is -0.138. The van der Waals surface area contributed by atoms with E-state index in [4.69, 9.17) is 51.5 Å². The van der Waals surface area contributed by atoms with Gasteiger partial charge >= 0.3 is 5.97 Å². The van der Waals surface area contributed by atoms with Crippen LogP contribution in [0.1, 0.15) is 36.8 Å². The van der Waals surface area contributed by atoms with Crippen molar-refractivity contribution < 1.29 is 9.90 Å². The summed E-state index contributed by atoms with van der Waals surface area (Å²) >= 11 is 25.1. The number of rotatable bonds is 10. The molecule has 0 aliphatic heterocycles. The minimum absolute atomic E-state index is 0.194. The Morgan fingerprint density at radius 1 is 0.973 bits per heavy atom. The van der Waals surface area contributed by atoms with E-state index in [1.54, 1.807) is 41.4 Å². The van der Waals surface area contributed by atoms with Gasteiger partial charge in [-0.3, -0.25) is 4.79 Å². The number of nitrogens with zero attached hydrogens (tertiary/aromatic N) is 3. The van der Waals surface area contributed by atoms with Gasteiger partial charge in [0.25, 0.3) is 0 Å². The van der Waals surface area contributed by atoms with Crippen LogP contribution in [0.3, 0.4) is 0 Å². The van der Waals surface area contributed by atoms with Crippen molar-refractivity contribution in [2.24, 2.45) is 5.10 Å². The van der Waals surface area contributed by atoms with E-state index in [2.05, 4.69) is 6.58 Å². The van der Waals surface area contributed by atoms with Gasteiger partial charge in [0.15, 0.2) is 0 Å². The Kier molecular flexibility index (Phi) is 9.91. The van der Waals surface area contributed by atoms with Crippen molar-refractivity contribution in [1.82, 2.24) is 0 Å². The van der Waals surface area contributed by atoms with Crippen LogP contribution in [0, 0.1) is 0 Å². The van der Waals surface area contributed by atoms with Crippen molar-refractivity contribution in [1.29, 1.82) is 0 Å². The highest BCUT2D eigenvalue weighted by atomic mass is 35.5. The summed E-state index contributed by atoms with van der Waals surface area (Å²) in [6.45, 7) is 6.16. The molecule has 0 spiro atoms. The topological polar surface area (TPSA) is 56.1 Å². The third kappa shape index (κ3) is 7.20. The van der Waals surface area contributed by atoms with Gasteiger partial charge < -0.3 is 10.0 Å². The van der Waals surface area contributed by atoms with Crippen molar-refractivity contribution in [3.63, 3.8) is 0 Å². The molecule has 0 aliphatic rings. The molecule has 0 saturated carbocycles. The number of hydrogen-bond donors (Lipinski definition) is 1. The standard InChI is InChI=1S/C28H27Cl4N3O2/c1-5-21(16-23(28(36)37)19-7-6-8-22(13-19)34(3)4)33-35(27-12-10-20(29)15-26(27)32)17(2)18-9-11-24(30)25(31)14-18/h6-15,23H,2,5,16H2,1,3-4H3,(H,36,37)/b33-21+. The maximum atomic E-state index is 12.3. The van der Waals surface area contributed by atoms with Crippen molar-refractivity contribution in [3.8, 4) is 0 Å². The summed E-state index contributed by atoms with van der Waals surface area (Å²) in [4.78, 5) is 14.3. The number of aliphatic carboxylic acids is 1. The molecule has 3 rings (SSSR count). The molecular weight excluding hydrogens is 552 g/mol. The number of benzene rings is 3. The van der Waals surface area contributed by atoms with Gasteiger partial charge in [-0.25, -0.2) is 5.01 Å². The predicted octanol–water partition coefficient (Wildman–Crippen LogP) is 8.87. The minimum atomic E-state index is -0.934. The largest absolute Gasteiger partial charge is 0.481 e. The maximum absolute atomic E-state index is 12.3. The van der Waals surface area contributed by atoms with Crippen LogP contribution in [0.4, 0.5) is 11.4 Å². The van der Waals surface area contributed by atoms with Gasteiger partial charge in [-0.2, -0.15) is 5.10 Å². The highest BCUT2D eigenvalue weighted by Gasteiger charge is 2.24. The zero-order valence-electron chi connectivity index (χ0n) is 20.7. The molecule has 3 aromatic rings. The average molecular weight is 579 g/mol. The molecule has 1 atom stereocenters. The van der Waals surface area contributed by atoms with Gasteiger partial charge in [0.2, 0.25) is 0 Å². The molecule has 5 nitrogen and oxygen atoms in total. The minimum Gasteiger partial charge on any atom is -0.481 e. The van der Waals surface area contributed by atoms with Crippen LogP contribution in [-0.4, -0.2) is 30.9 Å². The lowest BCUT2D eigenvalue weighted by atomic mass is 9.92. The van der Waals surface area contributed by atoms with E-state index < -0.39 is 11.9 Å². The third-order valence-corrected chi connectivity index (χ3v) is 7.10. The van der Waals surface area contributed by atoms with Crippen molar-refractivity contribution in [3.05, 3.63) is 98.5 Å². The highest BCUT2D eigenvalue weighted by molar-refractivity contribution is 6.42. The second-order valence-electron chi connectivity index (χ2n) is 8.59. The molecule has 1 N–H and O–H groups in total. The molecule has 9 heteroatoms. The molecule has 0 aliphatic carbocycles. The van der Waals surface area contributed by atoms with E-state index in [1.165, 1.54) is 0 Å². The summed E-state index contributed by atoms with van der Waals surface area (Å²) in [7, 11) is 3.83. The fraction of sp³-hybridized carbons (Fsp3) is 0.214. The molecule has 0 fully saturated rings. The summed E-state index contributed by atoms with van der Waals surface area (Å²) in [5.74, 6) is -1.73. The quantitative estimate of drug-likeness (QED) is 0.193. The normalized spacial score (nSPS) is 12.2. The Hall–Kier alpha value is -2.70. The number of halogens is 4. The molecule has 194 valence electrons. The number of hydrazone groups is 1. The maximum Gasteiger partial charge on any atom is 0.311 e. The van der Waals surface area contributed by atoms with Crippen LogP contribution in [0.5, 0.6) is 0 Å². The van der Waals surface area contributed by atoms with Crippen LogP contribution >= 0.6 is 46.4 Å². The van der Waals surface area contributed by atoms with Gasteiger partial charge in [-0.15, -0.1) is 0 Å². The summed E-state index contributed by atoms with van der Waals surface area (Å²) < 4.78 is 0. The first kappa shape index (κ1) is 28.9. The fourth-order valence-electron chi connectivity index (χ4n) is 3.71. The van der Waals surface area contributed by atoms with Crippen molar-refractivity contribution in [2.45, 2.75) is 25.7 Å². The zero-order chi connectivity index (χ0) is 27.3. The second kappa shape index (κ2) is 12.7. The van der Waals surface area contributed by atoms with Crippen LogP contribution in [0.2, 0.25) is 20.1 Å². The Morgan fingerprint density at radius 3 is 2.30 bits per heavy atom. The van der Waals surface area contributed by atoms with Crippen LogP contribution in [-0.2, 0) is 4.79 Å². The molecule has 3 aromatic carbocycles. The molecular formula is C28H27Cl4N3O2. The zero-order valence-corrected chi connectivity index (χ0v) is 23.7. The molecule has 0 radical (unpaired) electrons. The number of anilines is 2. The molecule has 1 unspecified atom stereocenters. The first-order valence-corrected chi connectivity index (χ1v) is 13.0. The first-order valence-electron chi connectivity index (χ1n) is 11.5. The van der Waals surface area contributed by atoms with E-state index in [0.717, 1.165) is 5.69 Å². The number of carboxylic acid groups (broad SMARTS) is 1. The van der Waals surface area contributed by atoms with E-state index in [0.29, 0.717) is 54.7 Å². The predicted molar refractivity (Wildman–Crippen MR) is 158 cm³/mol. The van der Waals surface area contributed by atoms with Gasteiger partial charge in [0, 0.05) is 42.5 Å². The Balaban J connectivity index is 2.08. The lowest BCUT2D eigenvalue weighted by Crippen LogP contribution is -2.21. The molecule has 0 amide bonds. The fourth-order valence-corrected chi connectivity index (χ4v) is 4.50. The van der Waals surface area contributed by atoms with Crippen LogP contribution in [0.25, 0.3) is 5.70 Å². The van der Waals surface area contributed by atoms with Gasteiger partial charge in [-0.1, -0.05) is 78.1 Å². The van der Waals surface area contributed by atoms with E-state index in [9.17, 15) is 9.90 Å². The van der Waals surface area contributed by atoms with E-state index in [-0.39, 0.29) is 6.42 Å². The summed E-state index contributed by atoms with van der Waals surface area (Å²) in [6.07, 6.45) is 0.701. The Labute approximate surface area is 237 Å². The van der Waals surface area contributed by atoms with Crippen molar-refractivity contribution >= 4 is 75.2 Å². The summed E-state index contributed by atoms with van der Waals surface area (Å²) in [5.41, 5.74) is 3.95. The highest BCUT2D eigenvalue weighted by Crippen LogP contribution is 2.36. The number of hydrogen-bond acceptors (Lipinski definition) is 4. The molecule has 0 bridgehead atoms. The van der Waals surface area contributed by atoms with E-state index in [1.807, 2.05) is 50.2 Å². The molecule has 0 heterocycles. The average Bonchev–Trinajstić information content (AvgIpc) is 2.86. The van der Waals surface area contributed by atoms with Crippen LogP contribution in [0.15, 0.2) is 72.3 Å². The summed E-state index contributed by atoms with van der Waals surface area (Å²) in [6, 6.07) is 17.7. The number of carbonyl (C=O) groups is 1. The van der Waals surface area contributed by atoms with Crippen LogP contribution < -0.4 is 9.91 Å². The molecule has 0 saturated heterocycles. The van der Waals surface area contributed by atoms with Crippen molar-refractivity contribution in [2.75, 3.05) is 24.0 Å². The lowest BCUT2D eigenvalue weighted by Gasteiger charge is -2.25. The SMILES string of the molecule is C=C(c1ccc(Cl)c(Cl)c1)N(/N=C(\CC)CC(C(=O)O)c1cccc(N(C)C)c1)c1ccc(Cl)cc1Cl. The molecule has 0 aromatic heterocycles. The Bertz CT molecular complexity index is 1340. The van der Waals surface area contributed by atoms with Gasteiger partial charge in [0.1, 0.15) is 0 Å². The third-order valence-electron chi connectivity index (χ3n) is 5.82. The first-order chi connectivity index (χ1) is 17.5. The number of carboxylic acids is 1. The van der Waals surface area contributed by atoms with Gasteiger partial charge in [0.05, 0.1) is 32.4 Å². The summed E-state index contributed by atoms with van der Waals surface area (Å²) in [5, 5.41) is 18.2. The Morgan fingerprint density at radius 2 is 1.70 bits per heavy atom.